The lowest BCUT2D eigenvalue weighted by Crippen LogP contribution is -2.17. The van der Waals surface area contributed by atoms with Crippen LogP contribution in [0.4, 0.5) is 0 Å². The molecule has 0 saturated carbocycles. The molecular formula is C9H20Si2. The molecule has 0 amide bonds. The lowest BCUT2D eigenvalue weighted by molar-refractivity contribution is 1.75. The van der Waals surface area contributed by atoms with Crippen molar-refractivity contribution in [2.24, 2.45) is 0 Å². The van der Waals surface area contributed by atoms with Gasteiger partial charge in [0.05, 0.1) is 16.1 Å². The van der Waals surface area contributed by atoms with Gasteiger partial charge in [-0.1, -0.05) is 50.7 Å². The van der Waals surface area contributed by atoms with Crippen LogP contribution in [0.15, 0.2) is 17.1 Å². The van der Waals surface area contributed by atoms with Crippen LogP contribution in [0.2, 0.25) is 39.3 Å². The molecule has 0 bridgehead atoms. The summed E-state index contributed by atoms with van der Waals surface area (Å²) in [6, 6.07) is 0. The molecule has 0 aromatic rings. The Morgan fingerprint density at radius 2 is 1.00 bits per heavy atom. The second-order valence-corrected chi connectivity index (χ2v) is 15.2. The van der Waals surface area contributed by atoms with Gasteiger partial charge in [-0.2, -0.15) is 0 Å². The molecule has 0 saturated heterocycles. The van der Waals surface area contributed by atoms with E-state index in [2.05, 4.69) is 56.4 Å². The summed E-state index contributed by atoms with van der Waals surface area (Å²) >= 11 is 0. The Labute approximate surface area is 73.0 Å². The molecule has 0 unspecified atom stereocenters. The van der Waals surface area contributed by atoms with Crippen LogP contribution in [0, 0.1) is 0 Å². The van der Waals surface area contributed by atoms with E-state index in [9.17, 15) is 0 Å². The van der Waals surface area contributed by atoms with Gasteiger partial charge in [0.1, 0.15) is 0 Å². The van der Waals surface area contributed by atoms with E-state index in [-0.39, 0.29) is 0 Å². The Kier molecular flexibility index (Phi) is 3.55. The molecular weight excluding hydrogens is 164 g/mol. The standard InChI is InChI=1S/C9H20Si2/c1-10(2,3)8-7-9-11(4,5)6/h8-9H,1-6H3. The molecule has 0 N–H and O–H groups in total. The Hall–Kier alpha value is -0.0462. The average molecular weight is 184 g/mol. The number of rotatable bonds is 2. The summed E-state index contributed by atoms with van der Waals surface area (Å²) in [6.07, 6.45) is 0. The van der Waals surface area contributed by atoms with Gasteiger partial charge in [0.15, 0.2) is 0 Å². The molecule has 0 fully saturated rings. The lowest BCUT2D eigenvalue weighted by Gasteiger charge is -2.08. The highest BCUT2D eigenvalue weighted by Crippen LogP contribution is 2.03. The van der Waals surface area contributed by atoms with Crippen LogP contribution in [0.5, 0.6) is 0 Å². The third-order valence-electron chi connectivity index (χ3n) is 1.03. The third kappa shape index (κ3) is 9.95. The molecule has 0 aliphatic carbocycles. The summed E-state index contributed by atoms with van der Waals surface area (Å²) in [5.41, 5.74) is 7.90. The van der Waals surface area contributed by atoms with Gasteiger partial charge in [-0.25, -0.2) is 0 Å². The van der Waals surface area contributed by atoms with Crippen molar-refractivity contribution in [3.63, 3.8) is 0 Å². The third-order valence-corrected chi connectivity index (χ3v) is 3.10. The van der Waals surface area contributed by atoms with Crippen LogP contribution in [0.1, 0.15) is 0 Å². The van der Waals surface area contributed by atoms with E-state index in [0.717, 1.165) is 0 Å². The lowest BCUT2D eigenvalue weighted by atomic mass is 11.0. The first kappa shape index (κ1) is 11.0. The van der Waals surface area contributed by atoms with Crippen molar-refractivity contribution in [2.45, 2.75) is 39.3 Å². The second kappa shape index (κ2) is 3.57. The molecule has 0 radical (unpaired) electrons. The molecule has 64 valence electrons. The van der Waals surface area contributed by atoms with E-state index in [1.807, 2.05) is 0 Å². The summed E-state index contributed by atoms with van der Waals surface area (Å²) in [5.74, 6) is 0. The highest BCUT2D eigenvalue weighted by molar-refractivity contribution is 6.82. The molecule has 0 spiro atoms. The van der Waals surface area contributed by atoms with Crippen LogP contribution in [-0.2, 0) is 0 Å². The largest absolute Gasteiger partial charge is 0.138 e. The molecule has 0 rings (SSSR count). The van der Waals surface area contributed by atoms with Crippen molar-refractivity contribution in [1.82, 2.24) is 0 Å². The van der Waals surface area contributed by atoms with Gasteiger partial charge in [-0.15, -0.1) is 5.73 Å². The Bertz CT molecular complexity index is 155. The van der Waals surface area contributed by atoms with E-state index in [4.69, 9.17) is 0 Å². The fourth-order valence-electron chi connectivity index (χ4n) is 0.542. The topological polar surface area (TPSA) is 0 Å². The van der Waals surface area contributed by atoms with Crippen molar-refractivity contribution in [3.8, 4) is 0 Å². The molecule has 0 aromatic heterocycles. The molecule has 11 heavy (non-hydrogen) atoms. The molecule has 0 aliphatic rings. The number of hydrogen-bond donors (Lipinski definition) is 0. The van der Waals surface area contributed by atoms with Crippen molar-refractivity contribution >= 4 is 16.1 Å². The number of hydrogen-bond acceptors (Lipinski definition) is 0. The van der Waals surface area contributed by atoms with Crippen LogP contribution in [0.25, 0.3) is 0 Å². The summed E-state index contributed by atoms with van der Waals surface area (Å²) in [5, 5.41) is 0. The first-order chi connectivity index (χ1) is 4.71. The smallest absolute Gasteiger partial charge is 0.0781 e. The van der Waals surface area contributed by atoms with E-state index < -0.39 is 16.1 Å². The second-order valence-electron chi connectivity index (χ2n) is 5.19. The maximum atomic E-state index is 3.34. The Balaban J connectivity index is 4.25. The van der Waals surface area contributed by atoms with Gasteiger partial charge < -0.3 is 0 Å². The zero-order valence-corrected chi connectivity index (χ0v) is 10.7. The van der Waals surface area contributed by atoms with Crippen LogP contribution >= 0.6 is 0 Å². The van der Waals surface area contributed by atoms with Crippen LogP contribution in [0.3, 0.4) is 0 Å². The average Bonchev–Trinajstić information content (AvgIpc) is 1.55. The van der Waals surface area contributed by atoms with Crippen molar-refractivity contribution in [2.75, 3.05) is 0 Å². The fraction of sp³-hybridized carbons (Fsp3) is 0.667. The summed E-state index contributed by atoms with van der Waals surface area (Å²) < 4.78 is 0. The van der Waals surface area contributed by atoms with E-state index >= 15 is 0 Å². The minimum Gasteiger partial charge on any atom is -0.138 e. The molecule has 0 heterocycles. The van der Waals surface area contributed by atoms with E-state index in [1.165, 1.54) is 0 Å². The normalized spacial score (nSPS) is 12.2. The first-order valence-corrected chi connectivity index (χ1v) is 11.3. The summed E-state index contributed by atoms with van der Waals surface area (Å²) in [6.45, 7) is 14.0. The first-order valence-electron chi connectivity index (χ1n) is 4.15. The molecule has 0 nitrogen and oxygen atoms in total. The van der Waals surface area contributed by atoms with Gasteiger partial charge in [-0.05, 0) is 0 Å². The maximum absolute atomic E-state index is 3.34. The minimum absolute atomic E-state index is 1.00. The highest BCUT2D eigenvalue weighted by Gasteiger charge is 2.08. The van der Waals surface area contributed by atoms with Gasteiger partial charge in [-0.3, -0.25) is 0 Å². The van der Waals surface area contributed by atoms with Crippen LogP contribution in [-0.4, -0.2) is 16.1 Å². The van der Waals surface area contributed by atoms with Crippen LogP contribution < -0.4 is 0 Å². The highest BCUT2D eigenvalue weighted by atomic mass is 28.3. The monoisotopic (exact) mass is 184 g/mol. The molecule has 0 aliphatic heterocycles. The van der Waals surface area contributed by atoms with Crippen molar-refractivity contribution < 1.29 is 0 Å². The predicted molar refractivity (Wildman–Crippen MR) is 59.3 cm³/mol. The SMILES string of the molecule is C[Si](C)(C)C=C=C[Si](C)(C)C. The zero-order valence-electron chi connectivity index (χ0n) is 8.65. The summed E-state index contributed by atoms with van der Waals surface area (Å²) in [4.78, 5) is 0. The Morgan fingerprint density at radius 1 is 0.727 bits per heavy atom. The van der Waals surface area contributed by atoms with Gasteiger partial charge in [0.2, 0.25) is 0 Å². The molecule has 0 aromatic carbocycles. The Morgan fingerprint density at radius 3 is 1.18 bits per heavy atom. The van der Waals surface area contributed by atoms with Gasteiger partial charge in [0, 0.05) is 0 Å². The predicted octanol–water partition coefficient (Wildman–Crippen LogP) is 3.45. The van der Waals surface area contributed by atoms with Crippen molar-refractivity contribution in [3.05, 3.63) is 17.1 Å². The zero-order chi connectivity index (χ0) is 9.12. The molecule has 2 heteroatoms. The van der Waals surface area contributed by atoms with Crippen molar-refractivity contribution in [1.29, 1.82) is 0 Å². The van der Waals surface area contributed by atoms with Gasteiger partial charge in [0.25, 0.3) is 0 Å². The van der Waals surface area contributed by atoms with E-state index in [1.54, 1.807) is 0 Å². The van der Waals surface area contributed by atoms with E-state index in [0.29, 0.717) is 0 Å². The maximum Gasteiger partial charge on any atom is 0.0781 e. The summed E-state index contributed by atoms with van der Waals surface area (Å²) in [7, 11) is -2.00. The van der Waals surface area contributed by atoms with Gasteiger partial charge >= 0.3 is 0 Å². The minimum atomic E-state index is -1.00. The molecule has 0 atom stereocenters. The quantitative estimate of drug-likeness (QED) is 0.455. The fourth-order valence-corrected chi connectivity index (χ4v) is 1.88.